The average molecular weight is 560 g/mol. The SMILES string of the molecule is C#Cc1ccc2c(c1)C1=Nc3c4ccc(C#C)cc4c4n3[B-]3(Oc5ccccc5)n5c(c6cc(C#C)ccc6c5=N4)=NC2=[N+]13. The first-order valence-electron chi connectivity index (χ1n) is 14.1. The van der Waals surface area contributed by atoms with Gasteiger partial charge in [0.15, 0.2) is 11.3 Å². The smallest absolute Gasteiger partial charge is 0.568 e. The second-order valence-electron chi connectivity index (χ2n) is 11.2. The molecule has 0 amide bonds. The lowest BCUT2D eigenvalue weighted by Crippen LogP contribution is -2.75. The van der Waals surface area contributed by atoms with Crippen molar-refractivity contribution in [1.82, 2.24) is 8.96 Å². The summed E-state index contributed by atoms with van der Waals surface area (Å²) in [5.41, 5.74) is 5.52. The third-order valence-electron chi connectivity index (χ3n) is 9.06. The number of rotatable bonds is 2. The van der Waals surface area contributed by atoms with Gasteiger partial charge in [0, 0.05) is 38.2 Å². The Balaban J connectivity index is 1.49. The van der Waals surface area contributed by atoms with E-state index in [2.05, 4.69) is 31.2 Å². The molecule has 0 saturated heterocycles. The molecule has 4 aromatic carbocycles. The van der Waals surface area contributed by atoms with Crippen LogP contribution in [0.25, 0.3) is 21.5 Å². The van der Waals surface area contributed by atoms with Gasteiger partial charge in [0.05, 0.1) is 16.9 Å². The standard InChI is InChI=1S/C36H17BN6O/c1-4-21-12-15-25-28(18-21)34-38-32-26-16-13-22(5-2)19-29(26)36-40-33-27-17-14-23(6-3)20-30(27)35-39-31(25)41(34)37(42(32)36,43(33)35)44-24-10-8-7-9-11-24/h1-3,7-20H. The summed E-state index contributed by atoms with van der Waals surface area (Å²) >= 11 is 0. The van der Waals surface area contributed by atoms with Gasteiger partial charge in [-0.3, -0.25) is 0 Å². The molecule has 10 rings (SSSR count). The Morgan fingerprint density at radius 1 is 0.614 bits per heavy atom. The Labute approximate surface area is 250 Å². The molecule has 4 aliphatic rings. The van der Waals surface area contributed by atoms with Crippen LogP contribution >= 0.6 is 0 Å². The zero-order valence-corrected chi connectivity index (χ0v) is 23.0. The van der Waals surface area contributed by atoms with Crippen molar-refractivity contribution >= 4 is 51.6 Å². The summed E-state index contributed by atoms with van der Waals surface area (Å²) in [4.78, 5) is 16.0. The van der Waals surface area contributed by atoms with Gasteiger partial charge in [-0.15, -0.1) is 19.3 Å². The largest absolute Gasteiger partial charge is 0.648 e. The molecule has 2 aromatic heterocycles. The van der Waals surface area contributed by atoms with Gasteiger partial charge in [0.25, 0.3) is 0 Å². The molecule has 1 unspecified atom stereocenters. The van der Waals surface area contributed by atoms with Gasteiger partial charge in [-0.05, 0) is 66.7 Å². The van der Waals surface area contributed by atoms with Gasteiger partial charge < -0.3 is 18.1 Å². The van der Waals surface area contributed by atoms with Crippen molar-refractivity contribution in [3.05, 3.63) is 124 Å². The lowest BCUT2D eigenvalue weighted by molar-refractivity contribution is -0.291. The fourth-order valence-corrected chi connectivity index (χ4v) is 7.25. The second-order valence-corrected chi connectivity index (χ2v) is 11.2. The van der Waals surface area contributed by atoms with Gasteiger partial charge >= 0.3 is 6.75 Å². The monoisotopic (exact) mass is 560 g/mol. The number of aromatic nitrogens is 2. The molecule has 0 aliphatic carbocycles. The topological polar surface area (TPSA) is 59.2 Å². The molecule has 1 atom stereocenters. The van der Waals surface area contributed by atoms with Crippen LogP contribution in [0.1, 0.15) is 27.8 Å². The molecular formula is C36H17BN6O. The Hall–Kier alpha value is -6.56. The van der Waals surface area contributed by atoms with E-state index in [1.165, 1.54) is 0 Å². The maximum absolute atomic E-state index is 7.33. The van der Waals surface area contributed by atoms with Crippen LogP contribution < -0.4 is 15.6 Å². The Bertz CT molecular complexity index is 2730. The summed E-state index contributed by atoms with van der Waals surface area (Å²) in [5.74, 6) is 11.9. The van der Waals surface area contributed by atoms with Crippen LogP contribution in [0, 0.1) is 37.0 Å². The first-order chi connectivity index (χ1) is 21.6. The van der Waals surface area contributed by atoms with Crippen molar-refractivity contribution in [3.8, 4) is 42.8 Å². The third kappa shape index (κ3) is 2.51. The van der Waals surface area contributed by atoms with Gasteiger partial charge in [0.1, 0.15) is 11.3 Å². The number of nitrogens with zero attached hydrogens (tertiary/aromatic N) is 6. The molecule has 6 heterocycles. The third-order valence-corrected chi connectivity index (χ3v) is 9.06. The predicted molar refractivity (Wildman–Crippen MR) is 170 cm³/mol. The number of benzene rings is 4. The zero-order chi connectivity index (χ0) is 29.3. The number of hydrogen-bond acceptors (Lipinski definition) is 4. The number of aliphatic imine (C=N–C) groups is 1. The molecule has 0 N–H and O–H groups in total. The number of para-hydroxylation sites is 1. The summed E-state index contributed by atoms with van der Waals surface area (Å²) in [6.45, 7) is -2.36. The van der Waals surface area contributed by atoms with Crippen LogP contribution in [0.4, 0.5) is 11.6 Å². The van der Waals surface area contributed by atoms with Gasteiger partial charge in [-0.2, -0.15) is 0 Å². The lowest BCUT2D eigenvalue weighted by Gasteiger charge is -2.47. The minimum absolute atomic E-state index is 0.690. The summed E-state index contributed by atoms with van der Waals surface area (Å²) < 4.78 is 13.7. The molecule has 6 aromatic rings. The summed E-state index contributed by atoms with van der Waals surface area (Å²) in [6.07, 6.45) is 17.6. The average Bonchev–Trinajstić information content (AvgIpc) is 3.69. The number of terminal acetylenes is 3. The van der Waals surface area contributed by atoms with Crippen molar-refractivity contribution in [3.63, 3.8) is 0 Å². The maximum atomic E-state index is 7.33. The van der Waals surface area contributed by atoms with Crippen molar-refractivity contribution in [2.45, 2.75) is 0 Å². The molecule has 8 heteroatoms. The van der Waals surface area contributed by atoms with Crippen LogP contribution in [-0.4, -0.2) is 31.9 Å². The second kappa shape index (κ2) is 7.63. The minimum atomic E-state index is -2.36. The molecule has 7 nitrogen and oxygen atoms in total. The van der Waals surface area contributed by atoms with E-state index in [0.29, 0.717) is 22.9 Å². The fourth-order valence-electron chi connectivity index (χ4n) is 7.25. The van der Waals surface area contributed by atoms with E-state index in [1.807, 2.05) is 84.9 Å². The fraction of sp³-hybridized carbons (Fsp3) is 0. The summed E-state index contributed by atoms with van der Waals surface area (Å²) in [7, 11) is 0. The highest BCUT2D eigenvalue weighted by Gasteiger charge is 2.59. The van der Waals surface area contributed by atoms with Crippen molar-refractivity contribution in [2.75, 3.05) is 0 Å². The molecule has 0 spiro atoms. The first-order valence-corrected chi connectivity index (χ1v) is 14.1. The van der Waals surface area contributed by atoms with Gasteiger partial charge in [-0.25, -0.2) is 4.99 Å². The van der Waals surface area contributed by atoms with E-state index in [4.69, 9.17) is 38.9 Å². The van der Waals surface area contributed by atoms with Gasteiger partial charge in [0.2, 0.25) is 11.7 Å². The van der Waals surface area contributed by atoms with E-state index in [-0.39, 0.29) is 0 Å². The Morgan fingerprint density at radius 2 is 1.27 bits per heavy atom. The summed E-state index contributed by atoms with van der Waals surface area (Å²) in [6, 6.07) is 27.7. The summed E-state index contributed by atoms with van der Waals surface area (Å²) in [5, 5.41) is 3.63. The van der Waals surface area contributed by atoms with Crippen LogP contribution in [0.5, 0.6) is 5.75 Å². The van der Waals surface area contributed by atoms with E-state index >= 15 is 0 Å². The maximum Gasteiger partial charge on any atom is 0.568 e. The molecule has 0 radical (unpaired) electrons. The Kier molecular flexibility index (Phi) is 4.00. The van der Waals surface area contributed by atoms with Crippen molar-refractivity contribution in [2.24, 2.45) is 15.0 Å². The van der Waals surface area contributed by atoms with E-state index in [0.717, 1.165) is 66.5 Å². The molecule has 44 heavy (non-hydrogen) atoms. The number of amidine groups is 2. The highest BCUT2D eigenvalue weighted by atomic mass is 16.5. The lowest BCUT2D eigenvalue weighted by atomic mass is 9.75. The van der Waals surface area contributed by atoms with E-state index in [1.54, 1.807) is 0 Å². The zero-order valence-electron chi connectivity index (χ0n) is 23.0. The highest BCUT2D eigenvalue weighted by Crippen LogP contribution is 2.47. The van der Waals surface area contributed by atoms with E-state index < -0.39 is 6.75 Å². The van der Waals surface area contributed by atoms with E-state index in [9.17, 15) is 0 Å². The molecule has 4 aliphatic heterocycles. The van der Waals surface area contributed by atoms with Crippen molar-refractivity contribution in [1.29, 1.82) is 0 Å². The van der Waals surface area contributed by atoms with Crippen LogP contribution in [0.2, 0.25) is 0 Å². The van der Waals surface area contributed by atoms with Gasteiger partial charge in [-0.1, -0.05) is 45.9 Å². The van der Waals surface area contributed by atoms with Crippen LogP contribution in [0.3, 0.4) is 0 Å². The molecular weight excluding hydrogens is 543 g/mol. The predicted octanol–water partition coefficient (Wildman–Crippen LogP) is 4.21. The highest BCUT2D eigenvalue weighted by molar-refractivity contribution is 6.69. The first kappa shape index (κ1) is 23.1. The Morgan fingerprint density at radius 3 is 2.05 bits per heavy atom. The number of hydrogen-bond donors (Lipinski definition) is 0. The number of fused-ring (bicyclic) bond motifs is 9. The van der Waals surface area contributed by atoms with Crippen LogP contribution in [-0.2, 0) is 0 Å². The van der Waals surface area contributed by atoms with Crippen molar-refractivity contribution < 1.29 is 9.14 Å². The minimum Gasteiger partial charge on any atom is -0.648 e. The normalized spacial score (nSPS) is 17.5. The van der Waals surface area contributed by atoms with Crippen LogP contribution in [0.15, 0.2) is 99.9 Å². The molecule has 0 bridgehead atoms. The quantitative estimate of drug-likeness (QED) is 0.231. The molecule has 0 fully saturated rings. The molecule has 0 saturated carbocycles. The molecule has 200 valence electrons.